The van der Waals surface area contributed by atoms with E-state index in [-0.39, 0.29) is 5.91 Å². The van der Waals surface area contributed by atoms with Crippen molar-refractivity contribution in [3.63, 3.8) is 0 Å². The summed E-state index contributed by atoms with van der Waals surface area (Å²) in [6.07, 6.45) is 4.34. The Morgan fingerprint density at radius 1 is 1.62 bits per heavy atom. The molecule has 0 bridgehead atoms. The predicted octanol–water partition coefficient (Wildman–Crippen LogP) is 0.921. The van der Waals surface area contributed by atoms with E-state index < -0.39 is 0 Å². The van der Waals surface area contributed by atoms with Gasteiger partial charge in [-0.25, -0.2) is 0 Å². The summed E-state index contributed by atoms with van der Waals surface area (Å²) < 4.78 is 0. The number of likely N-dealkylation sites (N-methyl/N-ethyl adjacent to an activating group) is 1. The van der Waals surface area contributed by atoms with Gasteiger partial charge in [-0.3, -0.25) is 4.79 Å². The van der Waals surface area contributed by atoms with Crippen LogP contribution in [0.5, 0.6) is 0 Å². The lowest BCUT2D eigenvalue weighted by Crippen LogP contribution is -2.36. The maximum absolute atomic E-state index is 11.5. The van der Waals surface area contributed by atoms with Crippen molar-refractivity contribution in [1.29, 1.82) is 0 Å². The molecule has 13 heavy (non-hydrogen) atoms. The van der Waals surface area contributed by atoms with E-state index in [0.717, 1.165) is 0 Å². The van der Waals surface area contributed by atoms with Crippen molar-refractivity contribution in [2.45, 2.75) is 25.7 Å². The maximum Gasteiger partial charge on any atom is 0.222 e. The van der Waals surface area contributed by atoms with Crippen LogP contribution in [0.15, 0.2) is 0 Å². The molecule has 0 aliphatic heterocycles. The van der Waals surface area contributed by atoms with Gasteiger partial charge in [-0.1, -0.05) is 18.6 Å². The van der Waals surface area contributed by atoms with Gasteiger partial charge in [-0.15, -0.1) is 0 Å². The maximum atomic E-state index is 11.5. The summed E-state index contributed by atoms with van der Waals surface area (Å²) in [6.45, 7) is 0.404. The smallest absolute Gasteiger partial charge is 0.222 e. The van der Waals surface area contributed by atoms with Gasteiger partial charge in [-0.05, 0) is 18.8 Å². The first-order chi connectivity index (χ1) is 6.09. The summed E-state index contributed by atoms with van der Waals surface area (Å²) in [6, 6.07) is 0. The standard InChI is InChI=1S/C9H16N2OS/c1-11(6-8(10)13)9(12)5-7-3-2-4-7/h7H,2-6H2,1H3,(H2,10,13). The highest BCUT2D eigenvalue weighted by Gasteiger charge is 2.22. The molecule has 0 saturated heterocycles. The summed E-state index contributed by atoms with van der Waals surface area (Å²) in [4.78, 5) is 13.5. The molecule has 0 aromatic rings. The minimum absolute atomic E-state index is 0.164. The van der Waals surface area contributed by atoms with E-state index in [4.69, 9.17) is 18.0 Å². The fourth-order valence-corrected chi connectivity index (χ4v) is 1.62. The van der Waals surface area contributed by atoms with Crippen LogP contribution in [0, 0.1) is 5.92 Å². The first kappa shape index (κ1) is 10.4. The molecule has 1 rings (SSSR count). The normalized spacial score (nSPS) is 16.4. The van der Waals surface area contributed by atoms with Crippen LogP contribution < -0.4 is 5.73 Å². The summed E-state index contributed by atoms with van der Waals surface area (Å²) in [5, 5.41) is 0. The SMILES string of the molecule is CN(CC(N)=S)C(=O)CC1CCC1. The summed E-state index contributed by atoms with van der Waals surface area (Å²) in [5.41, 5.74) is 5.35. The summed E-state index contributed by atoms with van der Waals surface area (Å²) in [5.74, 6) is 0.777. The zero-order valence-electron chi connectivity index (χ0n) is 7.95. The van der Waals surface area contributed by atoms with Gasteiger partial charge >= 0.3 is 0 Å². The zero-order valence-corrected chi connectivity index (χ0v) is 8.77. The van der Waals surface area contributed by atoms with Crippen LogP contribution in [0.3, 0.4) is 0 Å². The van der Waals surface area contributed by atoms with Crippen molar-refractivity contribution in [2.24, 2.45) is 11.7 Å². The van der Waals surface area contributed by atoms with Crippen LogP contribution in [-0.2, 0) is 4.79 Å². The van der Waals surface area contributed by atoms with E-state index in [1.807, 2.05) is 0 Å². The quantitative estimate of drug-likeness (QED) is 0.686. The zero-order chi connectivity index (χ0) is 9.84. The van der Waals surface area contributed by atoms with Crippen molar-refractivity contribution < 1.29 is 4.79 Å². The largest absolute Gasteiger partial charge is 0.392 e. The highest BCUT2D eigenvalue weighted by atomic mass is 32.1. The van der Waals surface area contributed by atoms with E-state index in [1.165, 1.54) is 19.3 Å². The molecule has 1 aliphatic carbocycles. The van der Waals surface area contributed by atoms with Gasteiger partial charge in [-0.2, -0.15) is 0 Å². The number of thiocarbonyl (C=S) groups is 1. The summed E-state index contributed by atoms with van der Waals surface area (Å²) >= 11 is 4.73. The number of hydrogen-bond donors (Lipinski definition) is 1. The Morgan fingerprint density at radius 3 is 2.62 bits per heavy atom. The molecule has 74 valence electrons. The van der Waals surface area contributed by atoms with Crippen LogP contribution in [-0.4, -0.2) is 29.4 Å². The first-order valence-corrected chi connectivity index (χ1v) is 5.02. The third-order valence-electron chi connectivity index (χ3n) is 2.51. The van der Waals surface area contributed by atoms with Crippen molar-refractivity contribution >= 4 is 23.1 Å². The fourth-order valence-electron chi connectivity index (χ4n) is 1.42. The van der Waals surface area contributed by atoms with Gasteiger partial charge in [0, 0.05) is 13.5 Å². The van der Waals surface area contributed by atoms with Crippen molar-refractivity contribution in [2.75, 3.05) is 13.6 Å². The molecule has 1 amide bonds. The van der Waals surface area contributed by atoms with E-state index in [1.54, 1.807) is 11.9 Å². The molecule has 0 unspecified atom stereocenters. The topological polar surface area (TPSA) is 46.3 Å². The van der Waals surface area contributed by atoms with E-state index in [2.05, 4.69) is 0 Å². The fraction of sp³-hybridized carbons (Fsp3) is 0.778. The van der Waals surface area contributed by atoms with Crippen molar-refractivity contribution in [1.82, 2.24) is 4.90 Å². The third kappa shape index (κ3) is 3.30. The second kappa shape index (κ2) is 4.56. The number of hydrogen-bond acceptors (Lipinski definition) is 2. The average molecular weight is 200 g/mol. The van der Waals surface area contributed by atoms with Gasteiger partial charge in [0.05, 0.1) is 11.5 Å². The highest BCUT2D eigenvalue weighted by Crippen LogP contribution is 2.29. The molecule has 4 heteroatoms. The van der Waals surface area contributed by atoms with E-state index >= 15 is 0 Å². The molecule has 0 radical (unpaired) electrons. The molecule has 0 aromatic heterocycles. The molecule has 2 N–H and O–H groups in total. The van der Waals surface area contributed by atoms with E-state index in [0.29, 0.717) is 23.9 Å². The Kier molecular flexibility index (Phi) is 3.66. The molecule has 0 spiro atoms. The van der Waals surface area contributed by atoms with Crippen LogP contribution in [0.25, 0.3) is 0 Å². The number of nitrogens with two attached hydrogens (primary N) is 1. The van der Waals surface area contributed by atoms with Crippen molar-refractivity contribution in [3.8, 4) is 0 Å². The molecule has 1 saturated carbocycles. The molecule has 3 nitrogen and oxygen atoms in total. The minimum atomic E-state index is 0.164. The number of rotatable bonds is 4. The molecule has 0 aromatic carbocycles. The molecule has 1 fully saturated rings. The number of amides is 1. The second-order valence-electron chi connectivity index (χ2n) is 3.72. The van der Waals surface area contributed by atoms with Crippen LogP contribution in [0.2, 0.25) is 0 Å². The molecule has 1 aliphatic rings. The average Bonchev–Trinajstić information content (AvgIpc) is 1.94. The van der Waals surface area contributed by atoms with Gasteiger partial charge in [0.2, 0.25) is 5.91 Å². The van der Waals surface area contributed by atoms with Crippen LogP contribution in [0.4, 0.5) is 0 Å². The molecule has 0 atom stereocenters. The number of carbonyl (C=O) groups excluding carboxylic acids is 1. The Bertz CT molecular complexity index is 214. The molecule has 0 heterocycles. The Hall–Kier alpha value is -0.640. The van der Waals surface area contributed by atoms with Gasteiger partial charge < -0.3 is 10.6 Å². The Morgan fingerprint density at radius 2 is 2.23 bits per heavy atom. The lowest BCUT2D eigenvalue weighted by molar-refractivity contribution is -0.130. The highest BCUT2D eigenvalue weighted by molar-refractivity contribution is 7.80. The van der Waals surface area contributed by atoms with Crippen molar-refractivity contribution in [3.05, 3.63) is 0 Å². The summed E-state index contributed by atoms with van der Waals surface area (Å²) in [7, 11) is 1.75. The second-order valence-corrected chi connectivity index (χ2v) is 4.24. The molecular formula is C9H16N2OS. The van der Waals surface area contributed by atoms with Crippen LogP contribution >= 0.6 is 12.2 Å². The van der Waals surface area contributed by atoms with Crippen LogP contribution in [0.1, 0.15) is 25.7 Å². The van der Waals surface area contributed by atoms with E-state index in [9.17, 15) is 4.79 Å². The number of carbonyl (C=O) groups is 1. The number of nitrogens with zero attached hydrogens (tertiary/aromatic N) is 1. The monoisotopic (exact) mass is 200 g/mol. The lowest BCUT2D eigenvalue weighted by atomic mass is 9.83. The Labute approximate surface area is 84.3 Å². The first-order valence-electron chi connectivity index (χ1n) is 4.62. The predicted molar refractivity (Wildman–Crippen MR) is 56.4 cm³/mol. The third-order valence-corrected chi connectivity index (χ3v) is 2.64. The van der Waals surface area contributed by atoms with Gasteiger partial charge in [0.15, 0.2) is 0 Å². The Balaban J connectivity index is 2.24. The molecular weight excluding hydrogens is 184 g/mol. The van der Waals surface area contributed by atoms with Gasteiger partial charge in [0.1, 0.15) is 0 Å². The lowest BCUT2D eigenvalue weighted by Gasteiger charge is -2.26. The minimum Gasteiger partial charge on any atom is -0.392 e. The van der Waals surface area contributed by atoms with Gasteiger partial charge in [0.25, 0.3) is 0 Å².